The third-order valence-corrected chi connectivity index (χ3v) is 9.79. The second-order valence-corrected chi connectivity index (χ2v) is 13.3. The lowest BCUT2D eigenvalue weighted by atomic mass is 10.0. The van der Waals surface area contributed by atoms with E-state index in [2.05, 4.69) is 5.32 Å². The summed E-state index contributed by atoms with van der Waals surface area (Å²) >= 11 is 0. The van der Waals surface area contributed by atoms with E-state index in [4.69, 9.17) is 14.2 Å². The Morgan fingerprint density at radius 3 is 2.14 bits per heavy atom. The SMILES string of the molecule is CCCCNC(=O)[C@@H](Cc1ccccc1)N(Cc1ccc(F)cc1)C(=O)CN(c1ccc(OCC)cc1)S(=O)(=O)c1ccc(OC)c(OC)c1. The van der Waals surface area contributed by atoms with Crippen molar-refractivity contribution in [2.24, 2.45) is 0 Å². The van der Waals surface area contributed by atoms with Crippen molar-refractivity contribution in [1.29, 1.82) is 0 Å². The van der Waals surface area contributed by atoms with Gasteiger partial charge in [0.1, 0.15) is 24.2 Å². The van der Waals surface area contributed by atoms with Gasteiger partial charge in [-0.05, 0) is 73.0 Å². The first kappa shape index (κ1) is 37.7. The molecule has 0 aromatic heterocycles. The van der Waals surface area contributed by atoms with Crippen LogP contribution in [-0.4, -0.2) is 65.1 Å². The second kappa shape index (κ2) is 18.1. The Labute approximate surface area is 293 Å². The number of methoxy groups -OCH3 is 2. The predicted molar refractivity (Wildman–Crippen MR) is 190 cm³/mol. The molecule has 10 nitrogen and oxygen atoms in total. The lowest BCUT2D eigenvalue weighted by molar-refractivity contribution is -0.140. The summed E-state index contributed by atoms with van der Waals surface area (Å²) in [5, 5.41) is 2.95. The van der Waals surface area contributed by atoms with Crippen molar-refractivity contribution in [2.75, 3.05) is 38.2 Å². The molecule has 0 saturated heterocycles. The average Bonchev–Trinajstić information content (AvgIpc) is 3.13. The van der Waals surface area contributed by atoms with Crippen molar-refractivity contribution in [3.63, 3.8) is 0 Å². The molecule has 50 heavy (non-hydrogen) atoms. The van der Waals surface area contributed by atoms with Crippen LogP contribution in [0.15, 0.2) is 102 Å². The summed E-state index contributed by atoms with van der Waals surface area (Å²) < 4.78 is 60.1. The van der Waals surface area contributed by atoms with Gasteiger partial charge in [0.15, 0.2) is 11.5 Å². The lowest BCUT2D eigenvalue weighted by Gasteiger charge is -2.34. The van der Waals surface area contributed by atoms with Crippen molar-refractivity contribution in [3.8, 4) is 17.2 Å². The second-order valence-electron chi connectivity index (χ2n) is 11.5. The number of carbonyl (C=O) groups is 2. The molecule has 266 valence electrons. The molecule has 4 aromatic carbocycles. The van der Waals surface area contributed by atoms with Gasteiger partial charge in [-0.3, -0.25) is 13.9 Å². The van der Waals surface area contributed by atoms with Crippen LogP contribution in [0.5, 0.6) is 17.2 Å². The molecule has 0 heterocycles. The van der Waals surface area contributed by atoms with E-state index in [-0.39, 0.29) is 35.2 Å². The molecule has 12 heteroatoms. The van der Waals surface area contributed by atoms with Gasteiger partial charge >= 0.3 is 0 Å². The first-order valence-electron chi connectivity index (χ1n) is 16.4. The third-order valence-electron chi connectivity index (χ3n) is 8.02. The Hall–Kier alpha value is -5.10. The minimum atomic E-state index is -4.41. The van der Waals surface area contributed by atoms with E-state index in [1.807, 2.05) is 44.2 Å². The van der Waals surface area contributed by atoms with Gasteiger partial charge in [-0.25, -0.2) is 12.8 Å². The molecule has 0 bridgehead atoms. The van der Waals surface area contributed by atoms with E-state index >= 15 is 0 Å². The molecule has 4 rings (SSSR count). The van der Waals surface area contributed by atoms with E-state index in [9.17, 15) is 22.4 Å². The number of anilines is 1. The molecule has 0 fully saturated rings. The summed E-state index contributed by atoms with van der Waals surface area (Å²) in [5.74, 6) is -0.426. The Morgan fingerprint density at radius 2 is 1.52 bits per heavy atom. The molecule has 0 saturated carbocycles. The number of nitrogens with zero attached hydrogens (tertiary/aromatic N) is 2. The summed E-state index contributed by atoms with van der Waals surface area (Å²) in [6.45, 7) is 3.93. The van der Waals surface area contributed by atoms with Crippen molar-refractivity contribution in [2.45, 2.75) is 50.6 Å². The molecular formula is C38H44FN3O7S. The van der Waals surface area contributed by atoms with Crippen LogP contribution < -0.4 is 23.8 Å². The monoisotopic (exact) mass is 705 g/mol. The van der Waals surface area contributed by atoms with Crippen molar-refractivity contribution >= 4 is 27.5 Å². The van der Waals surface area contributed by atoms with Gasteiger partial charge in [-0.2, -0.15) is 0 Å². The quantitative estimate of drug-likeness (QED) is 0.127. The van der Waals surface area contributed by atoms with E-state index in [1.54, 1.807) is 24.3 Å². The molecule has 0 aliphatic heterocycles. The first-order chi connectivity index (χ1) is 24.1. The standard InChI is InChI=1S/C38H44FN3O7S/c1-5-7-23-40-38(44)34(24-28-11-9-8-10-12-28)41(26-29-13-15-30(39)16-14-29)37(43)27-42(31-17-19-32(20-18-31)49-6-2)50(45,46)33-21-22-35(47-3)36(25-33)48-4/h8-22,25,34H,5-7,23-24,26-27H2,1-4H3,(H,40,44)/t34-/m1/s1. The molecule has 0 unspecified atom stereocenters. The van der Waals surface area contributed by atoms with E-state index in [0.717, 1.165) is 22.7 Å². The summed E-state index contributed by atoms with van der Waals surface area (Å²) in [7, 11) is -1.57. The van der Waals surface area contributed by atoms with Gasteiger partial charge < -0.3 is 24.4 Å². The minimum absolute atomic E-state index is 0.0780. The van der Waals surface area contributed by atoms with Gasteiger partial charge in [0.2, 0.25) is 11.8 Å². The molecular weight excluding hydrogens is 661 g/mol. The smallest absolute Gasteiger partial charge is 0.264 e. The number of benzene rings is 4. The van der Waals surface area contributed by atoms with Crippen LogP contribution in [-0.2, 0) is 32.6 Å². The first-order valence-corrected chi connectivity index (χ1v) is 17.9. The zero-order valence-corrected chi connectivity index (χ0v) is 29.6. The Kier molecular flexibility index (Phi) is 13.6. The fourth-order valence-corrected chi connectivity index (χ4v) is 6.79. The highest BCUT2D eigenvalue weighted by atomic mass is 32.2. The maximum absolute atomic E-state index is 14.6. The number of hydrogen-bond donors (Lipinski definition) is 1. The number of sulfonamides is 1. The Morgan fingerprint density at radius 1 is 0.840 bits per heavy atom. The fraction of sp³-hybridized carbons (Fsp3) is 0.316. The average molecular weight is 706 g/mol. The van der Waals surface area contributed by atoms with Crippen LogP contribution in [0.25, 0.3) is 0 Å². The predicted octanol–water partition coefficient (Wildman–Crippen LogP) is 5.99. The molecule has 0 aliphatic rings. The number of halogens is 1. The van der Waals surface area contributed by atoms with Crippen molar-refractivity contribution in [1.82, 2.24) is 10.2 Å². The highest BCUT2D eigenvalue weighted by molar-refractivity contribution is 7.92. The van der Waals surface area contributed by atoms with Crippen molar-refractivity contribution < 1.29 is 36.6 Å². The van der Waals surface area contributed by atoms with Gasteiger partial charge in [0.05, 0.1) is 31.4 Å². The number of carbonyl (C=O) groups excluding carboxylic acids is 2. The van der Waals surface area contributed by atoms with Crippen LogP contribution >= 0.6 is 0 Å². The van der Waals surface area contributed by atoms with Gasteiger partial charge in [0.25, 0.3) is 10.0 Å². The maximum Gasteiger partial charge on any atom is 0.264 e. The Balaban J connectivity index is 1.82. The minimum Gasteiger partial charge on any atom is -0.494 e. The van der Waals surface area contributed by atoms with Crippen molar-refractivity contribution in [3.05, 3.63) is 114 Å². The number of unbranched alkanes of at least 4 members (excludes halogenated alkanes) is 1. The number of nitrogens with one attached hydrogen (secondary N) is 1. The topological polar surface area (TPSA) is 114 Å². The van der Waals surface area contributed by atoms with Crippen LogP contribution in [0.1, 0.15) is 37.8 Å². The maximum atomic E-state index is 14.6. The zero-order valence-electron chi connectivity index (χ0n) is 28.8. The van der Waals surface area contributed by atoms with Gasteiger partial charge in [-0.1, -0.05) is 55.8 Å². The molecule has 1 N–H and O–H groups in total. The molecule has 1 atom stereocenters. The summed E-state index contributed by atoms with van der Waals surface area (Å²) in [6.07, 6.45) is 1.76. The summed E-state index contributed by atoms with van der Waals surface area (Å²) in [6, 6.07) is 24.4. The summed E-state index contributed by atoms with van der Waals surface area (Å²) in [4.78, 5) is 29.7. The summed E-state index contributed by atoms with van der Waals surface area (Å²) in [5.41, 5.74) is 1.57. The fourth-order valence-electron chi connectivity index (χ4n) is 5.35. The molecule has 0 spiro atoms. The third kappa shape index (κ3) is 9.75. The number of rotatable bonds is 18. The van der Waals surface area contributed by atoms with Gasteiger partial charge in [0, 0.05) is 25.6 Å². The van der Waals surface area contributed by atoms with Crippen LogP contribution in [0, 0.1) is 5.82 Å². The van der Waals surface area contributed by atoms with Crippen LogP contribution in [0.3, 0.4) is 0 Å². The zero-order chi connectivity index (χ0) is 36.1. The highest BCUT2D eigenvalue weighted by Crippen LogP contribution is 2.33. The normalized spacial score (nSPS) is 11.7. The number of hydrogen-bond acceptors (Lipinski definition) is 7. The lowest BCUT2D eigenvalue weighted by Crippen LogP contribution is -2.53. The largest absolute Gasteiger partial charge is 0.494 e. The van der Waals surface area contributed by atoms with E-state index < -0.39 is 34.3 Å². The molecule has 0 aliphatic carbocycles. The number of amides is 2. The van der Waals surface area contributed by atoms with E-state index in [1.165, 1.54) is 61.6 Å². The molecule has 4 aromatic rings. The highest BCUT2D eigenvalue weighted by Gasteiger charge is 2.35. The van der Waals surface area contributed by atoms with Crippen LogP contribution in [0.2, 0.25) is 0 Å². The molecule has 0 radical (unpaired) electrons. The Bertz CT molecular complexity index is 1800. The van der Waals surface area contributed by atoms with E-state index in [0.29, 0.717) is 30.2 Å². The number of ether oxygens (including phenoxy) is 3. The molecule has 2 amide bonds. The van der Waals surface area contributed by atoms with Crippen LogP contribution in [0.4, 0.5) is 10.1 Å². The van der Waals surface area contributed by atoms with Gasteiger partial charge in [-0.15, -0.1) is 0 Å².